The minimum atomic E-state index is -1.94. The molecule has 22 nitrogen and oxygen atoms in total. The lowest BCUT2D eigenvalue weighted by atomic mass is 10.0. The predicted molar refractivity (Wildman–Crippen MR) is 464 cm³/mol. The second-order valence-electron chi connectivity index (χ2n) is 33.3. The van der Waals surface area contributed by atoms with Crippen LogP contribution in [0.1, 0.15) is 141 Å². The first kappa shape index (κ1) is 84.8. The van der Waals surface area contributed by atoms with Crippen LogP contribution in [0.5, 0.6) is 12.0 Å². The summed E-state index contributed by atoms with van der Waals surface area (Å²) in [5.41, 5.74) is 17.0. The lowest BCUT2D eigenvalue weighted by Crippen LogP contribution is -2.51. The maximum Gasteiger partial charge on any atom is 0.410 e. The highest BCUT2D eigenvalue weighted by molar-refractivity contribution is 9.10. The van der Waals surface area contributed by atoms with Crippen molar-refractivity contribution in [3.63, 3.8) is 0 Å². The van der Waals surface area contributed by atoms with Crippen molar-refractivity contribution in [3.05, 3.63) is 159 Å². The fraction of sp³-hybridized carbons (Fsp3) is 0.568. The molecule has 2 amide bonds. The number of rotatable bonds is 25. The van der Waals surface area contributed by atoms with E-state index >= 15 is 0 Å². The van der Waals surface area contributed by atoms with E-state index in [4.69, 9.17) is 48.4 Å². The van der Waals surface area contributed by atoms with E-state index in [-0.39, 0.29) is 18.8 Å². The van der Waals surface area contributed by atoms with Crippen molar-refractivity contribution in [1.82, 2.24) is 53.3 Å². The van der Waals surface area contributed by atoms with E-state index in [0.717, 1.165) is 145 Å². The Morgan fingerprint density at radius 3 is 1.36 bits per heavy atom. The molecule has 8 aromatic rings. The fourth-order valence-corrected chi connectivity index (χ4v) is 33.0. The molecule has 6 aliphatic heterocycles. The number of piperazine rings is 2. The van der Waals surface area contributed by atoms with Gasteiger partial charge in [-0.1, -0.05) is 156 Å². The number of nitrogens with zero attached hydrogens (tertiary/aromatic N) is 13. The summed E-state index contributed by atoms with van der Waals surface area (Å²) in [6, 6.07) is 34.4. The second kappa shape index (κ2) is 39.3. The molecule has 4 aromatic carbocycles. The quantitative estimate of drug-likeness (QED) is 0.0420. The summed E-state index contributed by atoms with van der Waals surface area (Å²) in [5, 5.41) is 6.09. The number of carbonyl (C=O) groups is 2. The number of hydrogen-bond donors (Lipinski definition) is 1. The van der Waals surface area contributed by atoms with Crippen LogP contribution in [-0.2, 0) is 58.1 Å². The number of ether oxygens (including phenoxy) is 6. The number of aryl methyl sites for hydroxylation is 2. The molecular weight excluding hydrogens is 1520 g/mol. The van der Waals surface area contributed by atoms with E-state index < -0.39 is 16.5 Å². The van der Waals surface area contributed by atoms with Gasteiger partial charge in [-0.05, 0) is 154 Å². The zero-order chi connectivity index (χ0) is 79.9. The van der Waals surface area contributed by atoms with Crippen molar-refractivity contribution in [2.45, 2.75) is 182 Å². The summed E-state index contributed by atoms with van der Waals surface area (Å²) in [7, 11) is -3.60. The first-order chi connectivity index (χ1) is 54.6. The third kappa shape index (κ3) is 19.6. The second-order valence-corrected chi connectivity index (χ2v) is 45.6. The highest BCUT2D eigenvalue weighted by Crippen LogP contribution is 2.48. The van der Waals surface area contributed by atoms with Crippen molar-refractivity contribution in [3.8, 4) is 12.0 Å². The minimum Gasteiger partial charge on any atom is -0.463 e. The molecule has 0 atom stereocenters. The van der Waals surface area contributed by atoms with Gasteiger partial charge in [0.15, 0.2) is 16.5 Å². The minimum absolute atomic E-state index is 0.267. The Morgan fingerprint density at radius 2 is 0.903 bits per heavy atom. The van der Waals surface area contributed by atoms with Crippen LogP contribution in [0.3, 0.4) is 0 Å². The molecule has 10 heterocycles. The van der Waals surface area contributed by atoms with Crippen molar-refractivity contribution >= 4 is 83.7 Å². The third-order valence-electron chi connectivity index (χ3n) is 24.7. The Bertz CT molecular complexity index is 4360. The zero-order valence-electron chi connectivity index (χ0n) is 70.0. The molecular formula is C88H127BrN14O8Si2. The molecule has 6 aliphatic rings. The molecule has 0 saturated carbocycles. The van der Waals surface area contributed by atoms with Gasteiger partial charge in [-0.2, -0.15) is 19.9 Å². The summed E-state index contributed by atoms with van der Waals surface area (Å²) in [6.45, 7) is 52.6. The SMILES string of the molecule is Cc1ccc2c(ccn2[Si](C(C)C)(C(C)C)C(C)C)c1Br.Cc1ccc2c(ccn2[Si](C(C)C)(C(C)C)C(C)C)c1N1CCc2c(nc(OCCCN3CCOCC3)nc2N2CCN(C(=O)OCc3ccccc3)CC2)C1.O=C(OCc1ccccc1)N1CCN(c2nc(OCCCN3CCOCC3)nc3c2CCNC3)CC1. The molecule has 4 aromatic heterocycles. The van der Waals surface area contributed by atoms with Crippen LogP contribution in [0.15, 0.2) is 114 Å². The number of nitrogens with one attached hydrogen (secondary N) is 1. The van der Waals surface area contributed by atoms with Gasteiger partial charge in [0, 0.05) is 148 Å². The first-order valence-electron chi connectivity index (χ1n) is 42.0. The number of benzene rings is 4. The van der Waals surface area contributed by atoms with Crippen LogP contribution in [0.4, 0.5) is 26.9 Å². The lowest BCUT2D eigenvalue weighted by molar-refractivity contribution is 0.0356. The predicted octanol–water partition coefficient (Wildman–Crippen LogP) is 16.3. The Balaban J connectivity index is 0.000000176. The molecule has 0 radical (unpaired) electrons. The topological polar surface area (TPSA) is 186 Å². The highest BCUT2D eigenvalue weighted by atomic mass is 79.9. The van der Waals surface area contributed by atoms with Crippen LogP contribution in [0, 0.1) is 13.8 Å². The standard InChI is InChI=1S/C44H63N7O4Si.C26H36N6O4.C18H28BrNSi/c1-32(2)56(33(3)4,34(5)6)51-20-17-38-40(51)15-14-35(7)41(38)50-19-16-37-39(30-50)45-43(54-27-11-18-47-25-28-53-29-26-47)46-42(37)48-21-23-49(24-22-48)44(52)55-31-36-12-9-8-10-13-36;33-26(36-20-21-5-2-1-3-6-21)32-12-10-31(11-13-32)24-22-7-8-27-19-23(22)28-25(29-24)35-16-4-9-30-14-17-34-18-15-30;1-12(2)21(13(3)4,14(5)6)20-11-10-16-17(20)9-8-15(7)18(16)19/h8-10,12-15,17,20,32-34H,11,16,18-19,21-31H2,1-7H3;1-3,5-6,27H,4,7-20H2;8-14H,1-7H3. The lowest BCUT2D eigenvalue weighted by Gasteiger charge is -2.44. The largest absolute Gasteiger partial charge is 0.463 e. The number of fused-ring (bicyclic) bond motifs is 4. The number of amides is 2. The number of aromatic nitrogens is 6. The maximum absolute atomic E-state index is 13.0. The number of hydrogen-bond acceptors (Lipinski definition) is 18. The zero-order valence-corrected chi connectivity index (χ0v) is 73.6. The van der Waals surface area contributed by atoms with Gasteiger partial charge in [-0.3, -0.25) is 9.80 Å². The van der Waals surface area contributed by atoms with Crippen LogP contribution >= 0.6 is 15.9 Å². The average Bonchev–Trinajstić information content (AvgIpc) is 1.65. The van der Waals surface area contributed by atoms with Gasteiger partial charge in [0.05, 0.1) is 57.6 Å². The Labute approximate surface area is 682 Å². The van der Waals surface area contributed by atoms with Crippen LogP contribution in [0.25, 0.3) is 21.8 Å². The molecule has 0 spiro atoms. The van der Waals surface area contributed by atoms with Crippen LogP contribution < -0.4 is 29.5 Å². The number of halogens is 1. The maximum atomic E-state index is 13.0. The summed E-state index contributed by atoms with van der Waals surface area (Å²) >= 11 is 3.77. The molecule has 113 heavy (non-hydrogen) atoms. The van der Waals surface area contributed by atoms with Gasteiger partial charge in [-0.15, -0.1) is 0 Å². The molecule has 14 rings (SSSR count). The van der Waals surface area contributed by atoms with E-state index in [1.807, 2.05) is 65.6 Å². The Kier molecular flexibility index (Phi) is 29.5. The summed E-state index contributed by atoms with van der Waals surface area (Å²) in [6.07, 6.45) is 7.76. The van der Waals surface area contributed by atoms with E-state index in [1.165, 1.54) is 54.2 Å². The van der Waals surface area contributed by atoms with Crippen molar-refractivity contribution in [2.75, 3.05) is 159 Å². The third-order valence-corrected chi connectivity index (χ3v) is 39.3. The Morgan fingerprint density at radius 1 is 0.478 bits per heavy atom. The molecule has 4 fully saturated rings. The molecule has 0 aliphatic carbocycles. The summed E-state index contributed by atoms with van der Waals surface area (Å²) in [4.78, 5) is 60.9. The normalized spacial score (nSPS) is 16.8. The summed E-state index contributed by atoms with van der Waals surface area (Å²) in [5.74, 6) is 1.89. The van der Waals surface area contributed by atoms with E-state index in [2.05, 4.69) is 200 Å². The van der Waals surface area contributed by atoms with Gasteiger partial charge < -0.3 is 66.7 Å². The molecule has 0 bridgehead atoms. The average molecular weight is 1650 g/mol. The van der Waals surface area contributed by atoms with Gasteiger partial charge in [0.1, 0.15) is 24.8 Å². The van der Waals surface area contributed by atoms with Gasteiger partial charge in [0.2, 0.25) is 0 Å². The Hall–Kier alpha value is -7.63. The smallest absolute Gasteiger partial charge is 0.410 e. The van der Waals surface area contributed by atoms with Crippen LogP contribution in [-0.4, -0.2) is 221 Å². The molecule has 612 valence electrons. The highest BCUT2D eigenvalue weighted by Gasteiger charge is 2.47. The molecule has 1 N–H and O–H groups in total. The molecule has 25 heteroatoms. The van der Waals surface area contributed by atoms with E-state index in [0.29, 0.717) is 124 Å². The van der Waals surface area contributed by atoms with Gasteiger partial charge in [0.25, 0.3) is 0 Å². The van der Waals surface area contributed by atoms with E-state index in [9.17, 15) is 9.59 Å². The molecule has 0 unspecified atom stereocenters. The van der Waals surface area contributed by atoms with Crippen molar-refractivity contribution < 1.29 is 38.0 Å². The van der Waals surface area contributed by atoms with Crippen LogP contribution in [0.2, 0.25) is 33.2 Å². The van der Waals surface area contributed by atoms with Gasteiger partial charge >= 0.3 is 24.2 Å². The summed E-state index contributed by atoms with van der Waals surface area (Å²) < 4.78 is 41.2. The van der Waals surface area contributed by atoms with Crippen molar-refractivity contribution in [1.29, 1.82) is 0 Å². The fourth-order valence-electron chi connectivity index (χ4n) is 19.3. The van der Waals surface area contributed by atoms with E-state index in [1.54, 1.807) is 4.90 Å². The monoisotopic (exact) mass is 1640 g/mol. The molecule has 4 saturated heterocycles. The van der Waals surface area contributed by atoms with Crippen molar-refractivity contribution in [2.24, 2.45) is 0 Å². The number of carbonyl (C=O) groups excluding carboxylic acids is 2. The van der Waals surface area contributed by atoms with Gasteiger partial charge in [-0.25, -0.2) is 9.59 Å². The first-order valence-corrected chi connectivity index (χ1v) is 47.1. The number of morpholine rings is 2. The number of anilines is 3.